The summed E-state index contributed by atoms with van der Waals surface area (Å²) in [6.45, 7) is 0. The molecule has 0 bridgehead atoms. The van der Waals surface area contributed by atoms with Crippen LogP contribution in [-0.2, 0) is 4.79 Å². The number of thioether (sulfide) groups is 1. The quantitative estimate of drug-likeness (QED) is 0.497. The van der Waals surface area contributed by atoms with Crippen molar-refractivity contribution in [3.8, 4) is 5.75 Å². The highest BCUT2D eigenvalue weighted by Crippen LogP contribution is 2.41. The number of amides is 1. The second kappa shape index (κ2) is 8.65. The van der Waals surface area contributed by atoms with E-state index < -0.39 is 0 Å². The molecule has 1 amide bonds. The third-order valence-corrected chi connectivity index (χ3v) is 6.63. The van der Waals surface area contributed by atoms with Gasteiger partial charge in [-0.3, -0.25) is 4.79 Å². The van der Waals surface area contributed by atoms with Crippen molar-refractivity contribution < 1.29 is 9.90 Å². The van der Waals surface area contributed by atoms with E-state index in [1.165, 1.54) is 11.8 Å². The van der Waals surface area contributed by atoms with E-state index in [0.29, 0.717) is 21.5 Å². The fraction of sp³-hybridized carbons (Fsp3) is 0.0800. The number of phenols is 1. The van der Waals surface area contributed by atoms with Gasteiger partial charge in [0.1, 0.15) is 5.75 Å². The van der Waals surface area contributed by atoms with E-state index >= 15 is 0 Å². The molecule has 7 heteroatoms. The summed E-state index contributed by atoms with van der Waals surface area (Å²) in [5.41, 5.74) is 3.37. The molecule has 1 unspecified atom stereocenters. The molecule has 0 spiro atoms. The van der Waals surface area contributed by atoms with Gasteiger partial charge in [0.15, 0.2) is 5.17 Å². The number of nitrogens with zero attached hydrogens (tertiary/aromatic N) is 3. The molecule has 1 atom stereocenters. The number of hydrogen-bond acceptors (Lipinski definition) is 5. The molecule has 5 nitrogen and oxygen atoms in total. The molecule has 0 radical (unpaired) electrons. The molecule has 0 aromatic heterocycles. The van der Waals surface area contributed by atoms with Crippen molar-refractivity contribution in [3.05, 3.63) is 105 Å². The van der Waals surface area contributed by atoms with Crippen molar-refractivity contribution in [1.29, 1.82) is 0 Å². The Balaban J connectivity index is 1.51. The van der Waals surface area contributed by atoms with Crippen LogP contribution in [0.2, 0.25) is 5.02 Å². The fourth-order valence-electron chi connectivity index (χ4n) is 3.73. The molecule has 1 N–H and O–H groups in total. The van der Waals surface area contributed by atoms with Gasteiger partial charge >= 0.3 is 0 Å². The Labute approximate surface area is 194 Å². The van der Waals surface area contributed by atoms with Crippen molar-refractivity contribution >= 4 is 46.2 Å². The van der Waals surface area contributed by atoms with Crippen molar-refractivity contribution in [3.63, 3.8) is 0 Å². The first-order chi connectivity index (χ1) is 15.6. The van der Waals surface area contributed by atoms with E-state index in [1.54, 1.807) is 29.3 Å². The number of aliphatic imine (C=N–C) groups is 1. The number of hydrazone groups is 1. The fourth-order valence-corrected chi connectivity index (χ4v) is 4.83. The summed E-state index contributed by atoms with van der Waals surface area (Å²) in [5, 5.41) is 18.1. The predicted octanol–water partition coefficient (Wildman–Crippen LogP) is 5.87. The van der Waals surface area contributed by atoms with Gasteiger partial charge in [-0.15, -0.1) is 0 Å². The largest absolute Gasteiger partial charge is 0.508 e. The number of para-hydroxylation sites is 1. The lowest BCUT2D eigenvalue weighted by Crippen LogP contribution is -2.23. The molecule has 158 valence electrons. The lowest BCUT2D eigenvalue weighted by Gasteiger charge is -2.23. The first-order valence-electron chi connectivity index (χ1n) is 10.1. The summed E-state index contributed by atoms with van der Waals surface area (Å²) in [7, 11) is 0. The van der Waals surface area contributed by atoms with E-state index in [1.807, 2.05) is 60.7 Å². The molecule has 0 fully saturated rings. The maximum absolute atomic E-state index is 12.7. The number of carbonyl (C=O) groups excluding carboxylic acids is 1. The third-order valence-electron chi connectivity index (χ3n) is 5.31. The monoisotopic (exact) mass is 459 g/mol. The highest BCUT2D eigenvalue weighted by atomic mass is 35.5. The van der Waals surface area contributed by atoms with E-state index in [2.05, 4.69) is 4.99 Å². The van der Waals surface area contributed by atoms with Crippen molar-refractivity contribution in [2.24, 2.45) is 10.1 Å². The van der Waals surface area contributed by atoms with Gasteiger partial charge in [-0.2, -0.15) is 10.1 Å². The van der Waals surface area contributed by atoms with Gasteiger partial charge in [0.25, 0.3) is 5.91 Å². The average Bonchev–Trinajstić information content (AvgIpc) is 3.40. The molecule has 32 heavy (non-hydrogen) atoms. The van der Waals surface area contributed by atoms with Crippen LogP contribution in [0.1, 0.15) is 29.2 Å². The lowest BCUT2D eigenvalue weighted by molar-refractivity contribution is -0.113. The van der Waals surface area contributed by atoms with Crippen LogP contribution >= 0.6 is 23.4 Å². The van der Waals surface area contributed by atoms with E-state index in [-0.39, 0.29) is 17.7 Å². The Morgan fingerprint density at radius 2 is 1.72 bits per heavy atom. The first kappa shape index (κ1) is 20.5. The summed E-state index contributed by atoms with van der Waals surface area (Å²) in [6.07, 6.45) is 2.33. The van der Waals surface area contributed by atoms with Gasteiger partial charge in [0.05, 0.1) is 16.7 Å². The number of aromatic hydroxyl groups is 1. The second-order valence-electron chi connectivity index (χ2n) is 7.37. The molecule has 0 aliphatic carbocycles. The molecule has 3 aromatic rings. The molecule has 0 saturated heterocycles. The normalized spacial score (nSPS) is 19.4. The Morgan fingerprint density at radius 3 is 2.50 bits per heavy atom. The van der Waals surface area contributed by atoms with Crippen LogP contribution in [0, 0.1) is 0 Å². The van der Waals surface area contributed by atoms with E-state index in [0.717, 1.165) is 22.4 Å². The van der Waals surface area contributed by atoms with Crippen LogP contribution < -0.4 is 0 Å². The van der Waals surface area contributed by atoms with Gasteiger partial charge in [0, 0.05) is 17.0 Å². The number of rotatable bonds is 3. The van der Waals surface area contributed by atoms with Crippen LogP contribution in [0.5, 0.6) is 5.75 Å². The molecule has 5 rings (SSSR count). The Morgan fingerprint density at radius 1 is 1.00 bits per heavy atom. The highest BCUT2D eigenvalue weighted by molar-refractivity contribution is 8.18. The Kier molecular flexibility index (Phi) is 5.55. The summed E-state index contributed by atoms with van der Waals surface area (Å²) in [5.74, 6) is -0.141. The summed E-state index contributed by atoms with van der Waals surface area (Å²) in [6, 6.07) is 24.2. The predicted molar refractivity (Wildman–Crippen MR) is 130 cm³/mol. The van der Waals surface area contributed by atoms with Crippen LogP contribution in [0.15, 0.2) is 93.9 Å². The summed E-state index contributed by atoms with van der Waals surface area (Å²) in [4.78, 5) is 17.4. The summed E-state index contributed by atoms with van der Waals surface area (Å²) >= 11 is 7.52. The zero-order valence-electron chi connectivity index (χ0n) is 16.9. The van der Waals surface area contributed by atoms with Crippen molar-refractivity contribution in [2.75, 3.05) is 0 Å². The molecule has 3 aromatic carbocycles. The van der Waals surface area contributed by atoms with Gasteiger partial charge < -0.3 is 5.11 Å². The smallest absolute Gasteiger partial charge is 0.286 e. The number of carbonyl (C=O) groups is 1. The maximum Gasteiger partial charge on any atom is 0.286 e. The van der Waals surface area contributed by atoms with E-state index in [4.69, 9.17) is 16.7 Å². The zero-order valence-corrected chi connectivity index (χ0v) is 18.4. The number of amidine groups is 1. The molecular formula is C25H18ClN3O2S. The molecule has 0 saturated carbocycles. The minimum Gasteiger partial charge on any atom is -0.508 e. The third kappa shape index (κ3) is 3.95. The van der Waals surface area contributed by atoms with Crippen molar-refractivity contribution in [1.82, 2.24) is 5.01 Å². The number of hydrogen-bond donors (Lipinski definition) is 1. The Hall–Kier alpha value is -3.35. The molecule has 2 heterocycles. The van der Waals surface area contributed by atoms with E-state index in [9.17, 15) is 9.90 Å². The first-order valence-corrected chi connectivity index (χ1v) is 11.3. The second-order valence-corrected chi connectivity index (χ2v) is 8.78. The van der Waals surface area contributed by atoms with Gasteiger partial charge in [-0.1, -0.05) is 78.3 Å². The van der Waals surface area contributed by atoms with Crippen LogP contribution in [0.3, 0.4) is 0 Å². The SMILES string of the molecule is O=C1N=C(N2N=C(c3ccccc3)CC2c2ccccc2O)S/C1=C\c1ccccc1Cl. The maximum atomic E-state index is 12.7. The molecular weight excluding hydrogens is 442 g/mol. The minimum absolute atomic E-state index is 0.189. The number of halogens is 1. The molecule has 2 aliphatic rings. The zero-order chi connectivity index (χ0) is 22.1. The number of phenolic OH excluding ortho intramolecular Hbond substituents is 1. The Bertz CT molecular complexity index is 1290. The average molecular weight is 460 g/mol. The standard InChI is InChI=1S/C25H18ClN3O2S/c26-19-12-6-4-10-17(19)14-23-24(31)27-25(32-23)29-21(18-11-5-7-13-22(18)30)15-20(28-29)16-8-2-1-3-9-16/h1-14,21,30H,15H2/b23-14-. The minimum atomic E-state index is -0.329. The van der Waals surface area contributed by atoms with Crippen LogP contribution in [0.4, 0.5) is 0 Å². The highest BCUT2D eigenvalue weighted by Gasteiger charge is 2.37. The van der Waals surface area contributed by atoms with Crippen LogP contribution in [0.25, 0.3) is 6.08 Å². The van der Waals surface area contributed by atoms with Crippen molar-refractivity contribution in [2.45, 2.75) is 12.5 Å². The number of benzene rings is 3. The topological polar surface area (TPSA) is 65.3 Å². The molecule has 2 aliphatic heterocycles. The van der Waals surface area contributed by atoms with Gasteiger partial charge in [-0.25, -0.2) is 5.01 Å². The van der Waals surface area contributed by atoms with Gasteiger partial charge in [0.2, 0.25) is 0 Å². The summed E-state index contributed by atoms with van der Waals surface area (Å²) < 4.78 is 0. The van der Waals surface area contributed by atoms with Crippen LogP contribution in [-0.4, -0.2) is 26.9 Å². The van der Waals surface area contributed by atoms with Gasteiger partial charge in [-0.05, 0) is 41.1 Å². The lowest BCUT2D eigenvalue weighted by atomic mass is 9.98.